The largest absolute Gasteiger partial charge is 0.309 e. The van der Waals surface area contributed by atoms with Gasteiger partial charge in [-0.2, -0.15) is 0 Å². The number of fused-ring (bicyclic) bond motifs is 9. The summed E-state index contributed by atoms with van der Waals surface area (Å²) in [6.07, 6.45) is 0. The smallest absolute Gasteiger partial charge is 0.0645 e. The average Bonchev–Trinajstić information content (AvgIpc) is 1.51. The molecule has 0 fully saturated rings. The molecule has 0 bridgehead atoms. The average molecular weight is 760 g/mol. The molecule has 0 saturated carbocycles. The fourth-order valence-corrected chi connectivity index (χ4v) is 7.37. The van der Waals surface area contributed by atoms with E-state index >= 15 is 0 Å². The maximum atomic E-state index is 9.96. The Bertz CT molecular complexity index is 5270. The maximum absolute atomic E-state index is 9.96. The van der Waals surface area contributed by atoms with Gasteiger partial charge in [0.25, 0.3) is 0 Å². The summed E-state index contributed by atoms with van der Waals surface area (Å²) in [5.41, 5.74) is -11.8. The molecule has 2 heterocycles. The molecule has 266 valence electrons. The summed E-state index contributed by atoms with van der Waals surface area (Å²) in [7, 11) is 0. The van der Waals surface area contributed by atoms with E-state index in [9.17, 15) is 24.7 Å². The van der Waals surface area contributed by atoms with Gasteiger partial charge in [-0.3, -0.25) is 0 Å². The number of para-hydroxylation sites is 3. The van der Waals surface area contributed by atoms with Gasteiger partial charge < -0.3 is 9.13 Å². The lowest BCUT2D eigenvalue weighted by Crippen LogP contribution is -2.01. The van der Waals surface area contributed by atoms with Crippen molar-refractivity contribution in [3.63, 3.8) is 0 Å². The Kier molecular flexibility index (Phi) is 2.82. The van der Waals surface area contributed by atoms with Crippen LogP contribution in [0, 0.1) is 0 Å². The van der Waals surface area contributed by atoms with Crippen molar-refractivity contribution >= 4 is 43.6 Å². The highest BCUT2D eigenvalue weighted by Gasteiger charge is 2.33. The Hall–Kier alpha value is -7.42. The minimum absolute atomic E-state index is 0.547. The van der Waals surface area contributed by atoms with E-state index in [0.29, 0.717) is 0 Å². The molecule has 0 N–H and O–H groups in total. The molecule has 2 nitrogen and oxygen atoms in total. The Labute approximate surface area is 380 Å². The summed E-state index contributed by atoms with van der Waals surface area (Å²) < 4.78 is 322. The molecule has 1 aliphatic carbocycles. The third-order valence-corrected chi connectivity index (χ3v) is 9.67. The molecular formula is C55H36N2. The molecule has 0 saturated heterocycles. The Morgan fingerprint density at radius 3 is 1.60 bits per heavy atom. The van der Waals surface area contributed by atoms with E-state index < -0.39 is 322 Å². The van der Waals surface area contributed by atoms with Gasteiger partial charge in [0, 0.05) is 33.0 Å². The fourth-order valence-electron chi connectivity index (χ4n) is 7.37. The Balaban J connectivity index is 1.29. The number of aromatic nitrogens is 2. The molecule has 0 aliphatic heterocycles. The van der Waals surface area contributed by atoms with Crippen molar-refractivity contribution in [2.24, 2.45) is 0 Å². The highest BCUT2D eigenvalue weighted by molar-refractivity contribution is 6.16. The molecule has 9 aromatic carbocycles. The van der Waals surface area contributed by atoms with Gasteiger partial charge >= 0.3 is 0 Å². The van der Waals surface area contributed by atoms with Crippen molar-refractivity contribution in [1.29, 1.82) is 0 Å². The molecule has 0 amide bonds. The number of nitrogens with zero attached hydrogens (tertiary/aromatic N) is 2. The minimum atomic E-state index is -2.22. The first-order valence-electron chi connectivity index (χ1n) is 34.5. The third-order valence-electron chi connectivity index (χ3n) is 9.67. The number of hydrogen-bond donors (Lipinski definition) is 0. The van der Waals surface area contributed by atoms with Crippen molar-refractivity contribution in [3.05, 3.63) is 228 Å². The van der Waals surface area contributed by atoms with Gasteiger partial charge in [-0.15, -0.1) is 0 Å². The van der Waals surface area contributed by atoms with E-state index in [2.05, 4.69) is 0 Å². The standard InChI is InChI=1S/C55H36N2/c1-2-15-36(16-3-1)37-31-33-38(34-32-37)39-17-12-18-40(35-39)53-43-21-4-5-22-44(43)54-46(53)24-13-28-50(54)57-49-27-11-8-23-45(49)55-51(29-14-30-52(55)57)56-47-25-9-6-19-41(47)42-20-7-10-26-48(42)56/h1-35,53H/i1D,2D,3D,4D,5D,6D,7D,8D,9D,10D,11D,12D,13D,14D,15D,16D,17D,18D,19D,20D,21D,22D,23D,24D,25D,26D,27D,28D,29D,30D,31D,32D,33D,34D,35D. The third kappa shape index (κ3) is 4.77. The van der Waals surface area contributed by atoms with E-state index in [1.807, 2.05) is 0 Å². The van der Waals surface area contributed by atoms with Crippen LogP contribution in [0.2, 0.25) is 0 Å². The van der Waals surface area contributed by atoms with Crippen molar-refractivity contribution in [1.82, 2.24) is 9.13 Å². The van der Waals surface area contributed by atoms with Crippen molar-refractivity contribution in [2.45, 2.75) is 5.92 Å². The first-order valence-corrected chi connectivity index (χ1v) is 17.0. The molecular weight excluding hydrogens is 689 g/mol. The molecule has 2 heteroatoms. The highest BCUT2D eigenvalue weighted by atomic mass is 15.0. The second kappa shape index (κ2) is 12.6. The molecule has 11 aromatic rings. The van der Waals surface area contributed by atoms with Crippen LogP contribution in [0.15, 0.2) is 211 Å². The zero-order chi connectivity index (χ0) is 67.9. The molecule has 57 heavy (non-hydrogen) atoms. The van der Waals surface area contributed by atoms with Crippen molar-refractivity contribution < 1.29 is 48.0 Å². The van der Waals surface area contributed by atoms with Crippen molar-refractivity contribution in [2.75, 3.05) is 0 Å². The van der Waals surface area contributed by atoms with Crippen LogP contribution in [-0.4, -0.2) is 9.13 Å². The normalized spacial score (nSPS) is 22.0. The van der Waals surface area contributed by atoms with Crippen LogP contribution < -0.4 is 0 Å². The first-order chi connectivity index (χ1) is 42.9. The van der Waals surface area contributed by atoms with Gasteiger partial charge in [0.15, 0.2) is 0 Å². The van der Waals surface area contributed by atoms with Crippen LogP contribution in [-0.2, 0) is 0 Å². The second-order valence-corrected chi connectivity index (χ2v) is 12.6. The predicted octanol–water partition coefficient (Wildman–Crippen LogP) is 14.4. The summed E-state index contributed by atoms with van der Waals surface area (Å²) in [6, 6.07) is -35.3. The molecule has 1 atom stereocenters. The fraction of sp³-hybridized carbons (Fsp3) is 0.0182. The first kappa shape index (κ1) is 12.8. The van der Waals surface area contributed by atoms with Crippen LogP contribution in [0.25, 0.3) is 88.4 Å². The second-order valence-electron chi connectivity index (χ2n) is 12.6. The summed E-state index contributed by atoms with van der Waals surface area (Å²) in [5, 5.41) is -2.51. The highest BCUT2D eigenvalue weighted by Crippen LogP contribution is 2.52. The van der Waals surface area contributed by atoms with Crippen molar-refractivity contribution in [3.8, 4) is 44.8 Å². The molecule has 2 aromatic heterocycles. The molecule has 0 spiro atoms. The zero-order valence-electron chi connectivity index (χ0n) is 63.5. The molecule has 1 unspecified atom stereocenters. The lowest BCUT2D eigenvalue weighted by Gasteiger charge is -2.17. The van der Waals surface area contributed by atoms with Gasteiger partial charge in [0.05, 0.1) is 81.4 Å². The SMILES string of the molecule is [2H]c1c([2H])c([2H])c(-c2c([2H])c([2H])c(-c3c([2H])c([2H])c([2H])c(C4c5c([2H])c([2H])c([2H])c([2H])c5-c5c4c([2H])c([2H])c([2H])c5-n4c5c([2H])c([2H])c([2H])c([2H])c5c5c(-n6c7c([2H])c([2H])c([2H])c([2H])c7c7c([2H])c([2H])c([2H])c([2H])c76)c([2H])c([2H])c([2H])c54)c3[2H])c([2H])c2[2H])c([2H])c1[2H]. The predicted molar refractivity (Wildman–Crippen MR) is 239 cm³/mol. The van der Waals surface area contributed by atoms with Gasteiger partial charge in [0.2, 0.25) is 0 Å². The van der Waals surface area contributed by atoms with Crippen LogP contribution in [0.4, 0.5) is 0 Å². The summed E-state index contributed by atoms with van der Waals surface area (Å²) in [4.78, 5) is 0. The van der Waals surface area contributed by atoms with Gasteiger partial charge in [0.1, 0.15) is 0 Å². The Morgan fingerprint density at radius 2 is 0.842 bits per heavy atom. The minimum Gasteiger partial charge on any atom is -0.309 e. The van der Waals surface area contributed by atoms with Gasteiger partial charge in [-0.1, -0.05) is 175 Å². The summed E-state index contributed by atoms with van der Waals surface area (Å²) in [5.74, 6) is -2.22. The van der Waals surface area contributed by atoms with Crippen LogP contribution >= 0.6 is 0 Å². The quantitative estimate of drug-likeness (QED) is 0.165. The summed E-state index contributed by atoms with van der Waals surface area (Å²) in [6.45, 7) is 0. The van der Waals surface area contributed by atoms with Crippen LogP contribution in [0.3, 0.4) is 0 Å². The van der Waals surface area contributed by atoms with Crippen LogP contribution in [0.5, 0.6) is 0 Å². The van der Waals surface area contributed by atoms with E-state index in [1.54, 1.807) is 0 Å². The van der Waals surface area contributed by atoms with Gasteiger partial charge in [-0.25, -0.2) is 0 Å². The van der Waals surface area contributed by atoms with E-state index in [-0.39, 0.29) is 0 Å². The lowest BCUT2D eigenvalue weighted by atomic mass is 9.87. The monoisotopic (exact) mass is 760 g/mol. The van der Waals surface area contributed by atoms with Gasteiger partial charge in [-0.05, 0) is 80.8 Å². The Morgan fingerprint density at radius 1 is 0.351 bits per heavy atom. The van der Waals surface area contributed by atoms with Crippen LogP contribution in [0.1, 0.15) is 70.6 Å². The number of benzene rings is 9. The zero-order valence-corrected chi connectivity index (χ0v) is 28.5. The molecule has 0 radical (unpaired) electrons. The summed E-state index contributed by atoms with van der Waals surface area (Å²) >= 11 is 0. The molecule has 1 aliphatic rings. The topological polar surface area (TPSA) is 9.86 Å². The maximum Gasteiger partial charge on any atom is 0.0645 e. The number of hydrogen-bond acceptors (Lipinski definition) is 0. The lowest BCUT2D eigenvalue weighted by molar-refractivity contribution is 1.01. The van der Waals surface area contributed by atoms with E-state index in [4.69, 9.17) is 23.3 Å². The van der Waals surface area contributed by atoms with E-state index in [1.165, 1.54) is 0 Å². The van der Waals surface area contributed by atoms with E-state index in [0.717, 1.165) is 9.13 Å². The molecule has 12 rings (SSSR count). The number of rotatable bonds is 5.